The standard InChI is InChI=1S/C16H17NO3S/c1-3-12-5-4-6-14(11-12)17-16(18)13-7-9-15(10-8-13)21(2,19)20/h4-11H,3H2,1-2H3,(H,17,18). The second kappa shape index (κ2) is 6.10. The number of anilines is 1. The lowest BCUT2D eigenvalue weighted by Gasteiger charge is -2.07. The Bertz CT molecular complexity index is 749. The Balaban J connectivity index is 2.16. The van der Waals surface area contributed by atoms with E-state index in [1.807, 2.05) is 31.2 Å². The fraction of sp³-hybridized carbons (Fsp3) is 0.188. The number of hydrogen-bond acceptors (Lipinski definition) is 3. The van der Waals surface area contributed by atoms with Crippen LogP contribution in [0.1, 0.15) is 22.8 Å². The molecule has 0 aliphatic carbocycles. The molecule has 0 radical (unpaired) electrons. The summed E-state index contributed by atoms with van der Waals surface area (Å²) in [5, 5.41) is 2.80. The molecule has 0 spiro atoms. The number of nitrogens with one attached hydrogen (secondary N) is 1. The largest absolute Gasteiger partial charge is 0.322 e. The van der Waals surface area contributed by atoms with E-state index in [2.05, 4.69) is 5.32 Å². The zero-order valence-corrected chi connectivity index (χ0v) is 12.8. The lowest BCUT2D eigenvalue weighted by molar-refractivity contribution is 0.102. The molecule has 2 aromatic carbocycles. The highest BCUT2D eigenvalue weighted by Crippen LogP contribution is 2.14. The van der Waals surface area contributed by atoms with Crippen LogP contribution in [0, 0.1) is 0 Å². The van der Waals surface area contributed by atoms with E-state index in [0.29, 0.717) is 5.56 Å². The summed E-state index contributed by atoms with van der Waals surface area (Å²) in [5.41, 5.74) is 2.29. The molecule has 0 aromatic heterocycles. The van der Waals surface area contributed by atoms with Gasteiger partial charge in [-0.3, -0.25) is 4.79 Å². The first-order chi connectivity index (χ1) is 9.90. The van der Waals surface area contributed by atoms with Crippen molar-refractivity contribution in [2.24, 2.45) is 0 Å². The summed E-state index contributed by atoms with van der Waals surface area (Å²) in [6, 6.07) is 13.5. The molecule has 0 bridgehead atoms. The van der Waals surface area contributed by atoms with Gasteiger partial charge in [0.2, 0.25) is 0 Å². The van der Waals surface area contributed by atoms with Crippen LogP contribution in [0.15, 0.2) is 53.4 Å². The number of aryl methyl sites for hydroxylation is 1. The average Bonchev–Trinajstić information content (AvgIpc) is 2.46. The lowest BCUT2D eigenvalue weighted by atomic mass is 10.1. The van der Waals surface area contributed by atoms with Crippen LogP contribution in [-0.4, -0.2) is 20.6 Å². The van der Waals surface area contributed by atoms with Gasteiger partial charge in [-0.2, -0.15) is 0 Å². The van der Waals surface area contributed by atoms with Gasteiger partial charge in [-0.1, -0.05) is 19.1 Å². The summed E-state index contributed by atoms with van der Waals surface area (Å²) in [5.74, 6) is -0.261. The van der Waals surface area contributed by atoms with E-state index in [9.17, 15) is 13.2 Å². The Morgan fingerprint density at radius 1 is 1.10 bits per heavy atom. The van der Waals surface area contributed by atoms with Crippen LogP contribution >= 0.6 is 0 Å². The Morgan fingerprint density at radius 2 is 1.76 bits per heavy atom. The Kier molecular flexibility index (Phi) is 4.43. The van der Waals surface area contributed by atoms with Crippen LogP contribution < -0.4 is 5.32 Å². The van der Waals surface area contributed by atoms with E-state index >= 15 is 0 Å². The minimum absolute atomic E-state index is 0.201. The van der Waals surface area contributed by atoms with Gasteiger partial charge in [-0.15, -0.1) is 0 Å². The number of rotatable bonds is 4. The second-order valence-electron chi connectivity index (χ2n) is 4.80. The lowest BCUT2D eigenvalue weighted by Crippen LogP contribution is -2.12. The van der Waals surface area contributed by atoms with Gasteiger partial charge in [0.05, 0.1) is 4.90 Å². The molecular weight excluding hydrogens is 286 g/mol. The zero-order chi connectivity index (χ0) is 15.5. The maximum Gasteiger partial charge on any atom is 0.255 e. The third-order valence-electron chi connectivity index (χ3n) is 3.14. The van der Waals surface area contributed by atoms with Crippen molar-refractivity contribution in [2.75, 3.05) is 11.6 Å². The van der Waals surface area contributed by atoms with Crippen molar-refractivity contribution in [3.8, 4) is 0 Å². The SMILES string of the molecule is CCc1cccc(NC(=O)c2ccc(S(C)(=O)=O)cc2)c1. The number of amides is 1. The molecule has 0 saturated carbocycles. The van der Waals surface area contributed by atoms with E-state index < -0.39 is 9.84 Å². The predicted octanol–water partition coefficient (Wildman–Crippen LogP) is 2.90. The maximum absolute atomic E-state index is 12.1. The molecule has 5 heteroatoms. The number of carbonyl (C=O) groups is 1. The molecule has 4 nitrogen and oxygen atoms in total. The molecule has 0 aliphatic heterocycles. The molecule has 21 heavy (non-hydrogen) atoms. The van der Waals surface area contributed by atoms with Gasteiger partial charge in [0.15, 0.2) is 9.84 Å². The molecule has 1 N–H and O–H groups in total. The van der Waals surface area contributed by atoms with Crippen LogP contribution in [0.4, 0.5) is 5.69 Å². The number of benzene rings is 2. The molecule has 2 aromatic rings. The van der Waals surface area contributed by atoms with Crippen molar-refractivity contribution in [3.05, 3.63) is 59.7 Å². The number of hydrogen-bond donors (Lipinski definition) is 1. The smallest absolute Gasteiger partial charge is 0.255 e. The van der Waals surface area contributed by atoms with Crippen molar-refractivity contribution in [3.63, 3.8) is 0 Å². The van der Waals surface area contributed by atoms with Gasteiger partial charge in [0.1, 0.15) is 0 Å². The topological polar surface area (TPSA) is 63.2 Å². The zero-order valence-electron chi connectivity index (χ0n) is 12.0. The summed E-state index contributed by atoms with van der Waals surface area (Å²) in [4.78, 5) is 12.3. The van der Waals surface area contributed by atoms with Crippen molar-refractivity contribution in [1.29, 1.82) is 0 Å². The highest BCUT2D eigenvalue weighted by Gasteiger charge is 2.10. The molecule has 0 saturated heterocycles. The molecule has 1 amide bonds. The minimum atomic E-state index is -3.24. The number of carbonyl (C=O) groups excluding carboxylic acids is 1. The van der Waals surface area contributed by atoms with E-state index in [4.69, 9.17) is 0 Å². The monoisotopic (exact) mass is 303 g/mol. The summed E-state index contributed by atoms with van der Waals surface area (Å²) < 4.78 is 22.8. The van der Waals surface area contributed by atoms with Crippen molar-refractivity contribution >= 4 is 21.4 Å². The van der Waals surface area contributed by atoms with Gasteiger partial charge in [0.25, 0.3) is 5.91 Å². The highest BCUT2D eigenvalue weighted by molar-refractivity contribution is 7.90. The average molecular weight is 303 g/mol. The maximum atomic E-state index is 12.1. The van der Waals surface area contributed by atoms with Crippen LogP contribution in [0.3, 0.4) is 0 Å². The summed E-state index contributed by atoms with van der Waals surface area (Å²) in [6.45, 7) is 2.05. The molecular formula is C16H17NO3S. The van der Waals surface area contributed by atoms with E-state index in [1.165, 1.54) is 24.3 Å². The van der Waals surface area contributed by atoms with E-state index in [-0.39, 0.29) is 10.8 Å². The van der Waals surface area contributed by atoms with Crippen molar-refractivity contribution in [1.82, 2.24) is 0 Å². The molecule has 0 fully saturated rings. The van der Waals surface area contributed by atoms with Gasteiger partial charge >= 0.3 is 0 Å². The van der Waals surface area contributed by atoms with Crippen LogP contribution in [-0.2, 0) is 16.3 Å². The molecule has 2 rings (SSSR count). The summed E-state index contributed by atoms with van der Waals surface area (Å²) in [6.07, 6.45) is 2.03. The van der Waals surface area contributed by atoms with Crippen LogP contribution in [0.5, 0.6) is 0 Å². The first-order valence-corrected chi connectivity index (χ1v) is 8.49. The van der Waals surface area contributed by atoms with Gasteiger partial charge in [0, 0.05) is 17.5 Å². The van der Waals surface area contributed by atoms with Crippen LogP contribution in [0.2, 0.25) is 0 Å². The quantitative estimate of drug-likeness (QED) is 0.944. The molecule has 0 aliphatic rings. The third kappa shape index (κ3) is 3.92. The summed E-state index contributed by atoms with van der Waals surface area (Å²) in [7, 11) is -3.24. The third-order valence-corrected chi connectivity index (χ3v) is 4.27. The number of sulfone groups is 1. The Morgan fingerprint density at radius 3 is 2.33 bits per heavy atom. The fourth-order valence-corrected chi connectivity index (χ4v) is 2.56. The van der Waals surface area contributed by atoms with Gasteiger partial charge in [-0.25, -0.2) is 8.42 Å². The first-order valence-electron chi connectivity index (χ1n) is 6.60. The molecule has 0 heterocycles. The molecule has 110 valence electrons. The Labute approximate surface area is 124 Å². The van der Waals surface area contributed by atoms with Crippen LogP contribution in [0.25, 0.3) is 0 Å². The van der Waals surface area contributed by atoms with E-state index in [1.54, 1.807) is 0 Å². The first kappa shape index (κ1) is 15.3. The fourth-order valence-electron chi connectivity index (χ4n) is 1.93. The van der Waals surface area contributed by atoms with Gasteiger partial charge < -0.3 is 5.32 Å². The normalized spacial score (nSPS) is 11.1. The highest BCUT2D eigenvalue weighted by atomic mass is 32.2. The van der Waals surface area contributed by atoms with E-state index in [0.717, 1.165) is 23.9 Å². The molecule has 0 unspecified atom stereocenters. The second-order valence-corrected chi connectivity index (χ2v) is 6.82. The minimum Gasteiger partial charge on any atom is -0.322 e. The molecule has 0 atom stereocenters. The predicted molar refractivity (Wildman–Crippen MR) is 83.3 cm³/mol. The van der Waals surface area contributed by atoms with Crippen molar-refractivity contribution < 1.29 is 13.2 Å². The Hall–Kier alpha value is -2.14. The summed E-state index contributed by atoms with van der Waals surface area (Å²) >= 11 is 0. The van der Waals surface area contributed by atoms with Gasteiger partial charge in [-0.05, 0) is 48.4 Å². The van der Waals surface area contributed by atoms with Crippen molar-refractivity contribution in [2.45, 2.75) is 18.2 Å².